The molecule has 0 aromatic heterocycles. The first-order valence-electron chi connectivity index (χ1n) is 7.92. The maximum absolute atomic E-state index is 12.6. The van der Waals surface area contributed by atoms with Gasteiger partial charge in [0.2, 0.25) is 0 Å². The van der Waals surface area contributed by atoms with Gasteiger partial charge in [-0.25, -0.2) is 4.79 Å². The van der Waals surface area contributed by atoms with Crippen molar-refractivity contribution < 1.29 is 19.8 Å². The molecule has 136 valence electrons. The van der Waals surface area contributed by atoms with Gasteiger partial charge < -0.3 is 20.0 Å². The summed E-state index contributed by atoms with van der Waals surface area (Å²) in [7, 11) is 0. The van der Waals surface area contributed by atoms with Gasteiger partial charge in [-0.15, -0.1) is 0 Å². The molecular formula is C18H16Cl2N2O4. The second kappa shape index (κ2) is 7.43. The highest BCUT2D eigenvalue weighted by Crippen LogP contribution is 2.26. The van der Waals surface area contributed by atoms with Crippen molar-refractivity contribution in [3.8, 4) is 5.75 Å². The third-order valence-corrected chi connectivity index (χ3v) is 4.85. The zero-order chi connectivity index (χ0) is 18.8. The number of benzene rings is 2. The number of aromatic carboxylic acids is 1. The lowest BCUT2D eigenvalue weighted by Gasteiger charge is -2.36. The van der Waals surface area contributed by atoms with E-state index in [1.807, 2.05) is 4.90 Å². The number of aromatic hydroxyl groups is 1. The summed E-state index contributed by atoms with van der Waals surface area (Å²) in [5.41, 5.74) is 0.952. The maximum atomic E-state index is 12.6. The number of carbonyl (C=O) groups excluding carboxylic acids is 1. The highest BCUT2D eigenvalue weighted by Gasteiger charge is 2.24. The van der Waals surface area contributed by atoms with Gasteiger partial charge in [-0.05, 0) is 36.4 Å². The van der Waals surface area contributed by atoms with E-state index >= 15 is 0 Å². The molecule has 1 saturated heterocycles. The summed E-state index contributed by atoms with van der Waals surface area (Å²) in [6.45, 7) is 2.03. The lowest BCUT2D eigenvalue weighted by molar-refractivity contribution is 0.0693. The first-order valence-corrected chi connectivity index (χ1v) is 8.68. The van der Waals surface area contributed by atoms with Crippen LogP contribution in [0.4, 0.5) is 5.69 Å². The van der Waals surface area contributed by atoms with E-state index in [1.165, 1.54) is 18.2 Å². The van der Waals surface area contributed by atoms with Gasteiger partial charge in [-0.3, -0.25) is 4.79 Å². The van der Waals surface area contributed by atoms with Crippen LogP contribution in [-0.4, -0.2) is 53.2 Å². The molecule has 3 rings (SSSR count). The minimum atomic E-state index is -1.18. The summed E-state index contributed by atoms with van der Waals surface area (Å²) >= 11 is 12.0. The third-order valence-electron chi connectivity index (χ3n) is 4.30. The van der Waals surface area contributed by atoms with Crippen molar-refractivity contribution in [1.82, 2.24) is 4.90 Å². The van der Waals surface area contributed by atoms with Crippen LogP contribution in [0.5, 0.6) is 5.75 Å². The minimum Gasteiger partial charge on any atom is -0.507 e. The van der Waals surface area contributed by atoms with E-state index in [-0.39, 0.29) is 17.2 Å². The molecule has 0 bridgehead atoms. The van der Waals surface area contributed by atoms with Crippen LogP contribution in [0, 0.1) is 0 Å². The standard InChI is InChI=1S/C18H16Cl2N2O4/c19-11-1-3-13(15(20)9-11)17(24)22-7-5-21(6-8-22)12-2-4-16(23)14(10-12)18(25)26/h1-4,9-10,23H,5-8H2,(H,25,26). The van der Waals surface area contributed by atoms with Crippen LogP contribution < -0.4 is 4.90 Å². The van der Waals surface area contributed by atoms with Gasteiger partial charge in [0.15, 0.2) is 0 Å². The average Bonchev–Trinajstić information content (AvgIpc) is 2.61. The predicted molar refractivity (Wildman–Crippen MR) is 99.6 cm³/mol. The van der Waals surface area contributed by atoms with Gasteiger partial charge in [0, 0.05) is 36.9 Å². The second-order valence-electron chi connectivity index (χ2n) is 5.91. The molecule has 0 saturated carbocycles. The fourth-order valence-electron chi connectivity index (χ4n) is 2.89. The number of halogens is 2. The molecule has 6 nitrogen and oxygen atoms in total. The Kier molecular flexibility index (Phi) is 5.25. The number of carboxylic acid groups (broad SMARTS) is 1. The molecule has 1 aliphatic rings. The molecule has 0 spiro atoms. The van der Waals surface area contributed by atoms with Crippen LogP contribution in [-0.2, 0) is 0 Å². The molecule has 1 amide bonds. The quantitative estimate of drug-likeness (QED) is 0.833. The molecule has 2 aromatic carbocycles. The molecule has 1 aliphatic heterocycles. The van der Waals surface area contributed by atoms with E-state index in [0.29, 0.717) is 47.5 Å². The molecule has 1 heterocycles. The minimum absolute atomic E-state index is 0.144. The van der Waals surface area contributed by atoms with E-state index in [2.05, 4.69) is 0 Å². The van der Waals surface area contributed by atoms with Crippen molar-refractivity contribution in [2.75, 3.05) is 31.1 Å². The molecule has 0 aliphatic carbocycles. The lowest BCUT2D eigenvalue weighted by atomic mass is 10.1. The lowest BCUT2D eigenvalue weighted by Crippen LogP contribution is -2.48. The second-order valence-corrected chi connectivity index (χ2v) is 6.75. The first kappa shape index (κ1) is 18.4. The van der Waals surface area contributed by atoms with Crippen molar-refractivity contribution in [3.63, 3.8) is 0 Å². The van der Waals surface area contributed by atoms with Crippen molar-refractivity contribution >= 4 is 40.8 Å². The summed E-state index contributed by atoms with van der Waals surface area (Å²) in [6, 6.07) is 9.24. The molecule has 1 fully saturated rings. The highest BCUT2D eigenvalue weighted by molar-refractivity contribution is 6.36. The summed E-state index contributed by atoms with van der Waals surface area (Å²) in [6.07, 6.45) is 0. The molecule has 0 atom stereocenters. The van der Waals surface area contributed by atoms with Crippen LogP contribution in [0.15, 0.2) is 36.4 Å². The van der Waals surface area contributed by atoms with Crippen molar-refractivity contribution in [3.05, 3.63) is 57.6 Å². The van der Waals surface area contributed by atoms with Gasteiger partial charge in [0.1, 0.15) is 11.3 Å². The van der Waals surface area contributed by atoms with E-state index in [4.69, 9.17) is 28.3 Å². The zero-order valence-electron chi connectivity index (χ0n) is 13.7. The monoisotopic (exact) mass is 394 g/mol. The SMILES string of the molecule is O=C(O)c1cc(N2CCN(C(=O)c3ccc(Cl)cc3Cl)CC2)ccc1O. The molecular weight excluding hydrogens is 379 g/mol. The Morgan fingerprint density at radius 1 is 0.923 bits per heavy atom. The number of phenols is 1. The third kappa shape index (κ3) is 3.71. The molecule has 0 radical (unpaired) electrons. The number of piperazine rings is 1. The number of nitrogens with zero attached hydrogens (tertiary/aromatic N) is 2. The van der Waals surface area contributed by atoms with Crippen LogP contribution in [0.1, 0.15) is 20.7 Å². The summed E-state index contributed by atoms with van der Waals surface area (Å²) in [5, 5.41) is 19.5. The molecule has 0 unspecified atom stereocenters. The van der Waals surface area contributed by atoms with E-state index in [1.54, 1.807) is 23.1 Å². The fraction of sp³-hybridized carbons (Fsp3) is 0.222. The van der Waals surface area contributed by atoms with E-state index < -0.39 is 5.97 Å². The maximum Gasteiger partial charge on any atom is 0.339 e. The van der Waals surface area contributed by atoms with Gasteiger partial charge >= 0.3 is 5.97 Å². The van der Waals surface area contributed by atoms with Crippen LogP contribution >= 0.6 is 23.2 Å². The number of hydrogen-bond donors (Lipinski definition) is 2. The Balaban J connectivity index is 1.70. The van der Waals surface area contributed by atoms with Crippen molar-refractivity contribution in [2.45, 2.75) is 0 Å². The number of amides is 1. The molecule has 2 N–H and O–H groups in total. The number of carboxylic acids is 1. The van der Waals surface area contributed by atoms with Gasteiger partial charge in [-0.2, -0.15) is 0 Å². The van der Waals surface area contributed by atoms with Gasteiger partial charge in [-0.1, -0.05) is 23.2 Å². The van der Waals surface area contributed by atoms with Gasteiger partial charge in [0.25, 0.3) is 5.91 Å². The number of rotatable bonds is 3. The normalized spacial score (nSPS) is 14.4. The highest BCUT2D eigenvalue weighted by atomic mass is 35.5. The Hall–Kier alpha value is -2.44. The largest absolute Gasteiger partial charge is 0.507 e. The Morgan fingerprint density at radius 3 is 2.23 bits per heavy atom. The average molecular weight is 395 g/mol. The van der Waals surface area contributed by atoms with E-state index in [9.17, 15) is 14.7 Å². The van der Waals surface area contributed by atoms with Crippen LogP contribution in [0.2, 0.25) is 10.0 Å². The Morgan fingerprint density at radius 2 is 1.62 bits per heavy atom. The topological polar surface area (TPSA) is 81.1 Å². The first-order chi connectivity index (χ1) is 12.4. The number of anilines is 1. The Labute approximate surface area is 160 Å². The van der Waals surface area contributed by atoms with Crippen LogP contribution in [0.25, 0.3) is 0 Å². The smallest absolute Gasteiger partial charge is 0.339 e. The summed E-state index contributed by atoms with van der Waals surface area (Å²) in [5.74, 6) is -1.62. The fourth-order valence-corrected chi connectivity index (χ4v) is 3.38. The summed E-state index contributed by atoms with van der Waals surface area (Å²) in [4.78, 5) is 27.5. The molecule has 8 heteroatoms. The Bertz CT molecular complexity index is 864. The van der Waals surface area contributed by atoms with Crippen molar-refractivity contribution in [1.29, 1.82) is 0 Å². The molecule has 2 aromatic rings. The molecule has 26 heavy (non-hydrogen) atoms. The zero-order valence-corrected chi connectivity index (χ0v) is 15.2. The van der Waals surface area contributed by atoms with Crippen molar-refractivity contribution in [2.24, 2.45) is 0 Å². The van der Waals surface area contributed by atoms with Crippen LogP contribution in [0.3, 0.4) is 0 Å². The number of hydrogen-bond acceptors (Lipinski definition) is 4. The van der Waals surface area contributed by atoms with E-state index in [0.717, 1.165) is 0 Å². The van der Waals surface area contributed by atoms with Gasteiger partial charge in [0.05, 0.1) is 10.6 Å². The predicted octanol–water partition coefficient (Wildman–Crippen LogP) is 3.36. The summed E-state index contributed by atoms with van der Waals surface area (Å²) < 4.78 is 0. The number of carbonyl (C=O) groups is 2.